The van der Waals surface area contributed by atoms with Crippen LogP contribution in [0, 0.1) is 11.3 Å². The molecule has 0 aromatic heterocycles. The predicted octanol–water partition coefficient (Wildman–Crippen LogP) is 4.73. The topological polar surface area (TPSA) is 83.8 Å². The van der Waals surface area contributed by atoms with E-state index in [1.54, 1.807) is 19.2 Å². The van der Waals surface area contributed by atoms with Crippen molar-refractivity contribution in [2.24, 2.45) is 11.3 Å². The van der Waals surface area contributed by atoms with E-state index in [9.17, 15) is 19.8 Å². The number of rotatable bonds is 10. The fraction of sp³-hybridized carbons (Fsp3) is 0.364. The molecule has 0 saturated carbocycles. The van der Waals surface area contributed by atoms with Gasteiger partial charge < -0.3 is 14.9 Å². The van der Waals surface area contributed by atoms with Gasteiger partial charge in [-0.1, -0.05) is 56.3 Å². The van der Waals surface area contributed by atoms with Crippen LogP contribution in [0.5, 0.6) is 5.75 Å². The number of methoxy groups -OCH3 is 1. The number of carbonyl (C=O) groups is 2. The highest BCUT2D eigenvalue weighted by Crippen LogP contribution is 2.40. The summed E-state index contributed by atoms with van der Waals surface area (Å²) in [6.07, 6.45) is -0.0398. The van der Waals surface area contributed by atoms with Gasteiger partial charge in [-0.2, -0.15) is 0 Å². The second-order valence-corrected chi connectivity index (χ2v) is 8.18. The van der Waals surface area contributed by atoms with Crippen molar-refractivity contribution >= 4 is 23.7 Å². The number of carboxylic acids is 2. The highest BCUT2D eigenvalue weighted by Gasteiger charge is 2.47. The molecular weight excluding hydrogens is 376 g/mol. The summed E-state index contributed by atoms with van der Waals surface area (Å²) in [5, 5.41) is 19.6. The minimum atomic E-state index is -1.87. The van der Waals surface area contributed by atoms with E-state index < -0.39 is 17.4 Å². The highest BCUT2D eigenvalue weighted by atomic mass is 32.2. The number of hydrogen-bond donors (Lipinski definition) is 2. The van der Waals surface area contributed by atoms with Gasteiger partial charge in [-0.3, -0.25) is 9.59 Å². The molecule has 2 aromatic carbocycles. The second-order valence-electron chi connectivity index (χ2n) is 7.19. The molecule has 0 aliphatic heterocycles. The molecule has 2 N–H and O–H groups in total. The van der Waals surface area contributed by atoms with Gasteiger partial charge in [0, 0.05) is 12.2 Å². The summed E-state index contributed by atoms with van der Waals surface area (Å²) in [7, 11) is 1.56. The summed E-state index contributed by atoms with van der Waals surface area (Å²) in [6.45, 7) is 3.66. The Labute approximate surface area is 169 Å². The van der Waals surface area contributed by atoms with E-state index >= 15 is 0 Å². The lowest BCUT2D eigenvalue weighted by Crippen LogP contribution is -2.42. The van der Waals surface area contributed by atoms with Crippen LogP contribution < -0.4 is 4.74 Å². The maximum Gasteiger partial charge on any atom is 0.321 e. The minimum Gasteiger partial charge on any atom is -0.496 e. The Morgan fingerprint density at radius 1 is 1.04 bits per heavy atom. The number of benzene rings is 2. The van der Waals surface area contributed by atoms with Crippen LogP contribution in [0.4, 0.5) is 0 Å². The zero-order valence-corrected chi connectivity index (χ0v) is 17.2. The van der Waals surface area contributed by atoms with E-state index in [4.69, 9.17) is 4.74 Å². The average Bonchev–Trinajstić information content (AvgIpc) is 2.66. The minimum absolute atomic E-state index is 0.0532. The van der Waals surface area contributed by atoms with Crippen LogP contribution in [0.2, 0.25) is 0 Å². The Balaban J connectivity index is 2.42. The van der Waals surface area contributed by atoms with Crippen molar-refractivity contribution in [3.8, 4) is 5.75 Å². The first kappa shape index (κ1) is 21.8. The highest BCUT2D eigenvalue weighted by molar-refractivity contribution is 7.98. The van der Waals surface area contributed by atoms with Gasteiger partial charge in [-0.15, -0.1) is 11.8 Å². The lowest BCUT2D eigenvalue weighted by atomic mass is 9.75. The molecule has 28 heavy (non-hydrogen) atoms. The van der Waals surface area contributed by atoms with Gasteiger partial charge >= 0.3 is 11.9 Å². The van der Waals surface area contributed by atoms with Crippen molar-refractivity contribution in [1.29, 1.82) is 0 Å². The monoisotopic (exact) mass is 402 g/mol. The summed E-state index contributed by atoms with van der Waals surface area (Å²) < 4.78 is 5.48. The molecule has 6 heteroatoms. The Bertz CT molecular complexity index is 803. The lowest BCUT2D eigenvalue weighted by molar-refractivity contribution is -0.166. The van der Waals surface area contributed by atoms with Crippen molar-refractivity contribution < 1.29 is 24.5 Å². The van der Waals surface area contributed by atoms with E-state index in [2.05, 4.69) is 0 Å². The molecule has 0 amide bonds. The van der Waals surface area contributed by atoms with Gasteiger partial charge in [-0.05, 0) is 29.5 Å². The maximum absolute atomic E-state index is 12.0. The smallest absolute Gasteiger partial charge is 0.321 e. The molecule has 2 rings (SSSR count). The summed E-state index contributed by atoms with van der Waals surface area (Å²) >= 11 is 1.52. The Morgan fingerprint density at radius 2 is 1.68 bits per heavy atom. The molecule has 5 nitrogen and oxygen atoms in total. The number of ether oxygens (including phenoxy) is 1. The summed E-state index contributed by atoms with van der Waals surface area (Å²) in [5.74, 6) is -1.40. The SMILES string of the molecule is COc1cccc(CC(CC(C)C)(C(=O)O)C(=O)O)c1SCc1ccccc1. The second kappa shape index (κ2) is 9.64. The third kappa shape index (κ3) is 5.07. The van der Waals surface area contributed by atoms with Gasteiger partial charge in [0.25, 0.3) is 0 Å². The number of aliphatic carboxylic acids is 2. The zero-order chi connectivity index (χ0) is 20.7. The number of carboxylic acid groups (broad SMARTS) is 2. The molecular formula is C22H26O5S. The van der Waals surface area contributed by atoms with Crippen molar-refractivity contribution in [3.63, 3.8) is 0 Å². The molecule has 0 saturated heterocycles. The molecule has 0 radical (unpaired) electrons. The van der Waals surface area contributed by atoms with Crippen LogP contribution in [0.15, 0.2) is 53.4 Å². The van der Waals surface area contributed by atoms with Crippen LogP contribution >= 0.6 is 11.8 Å². The fourth-order valence-corrected chi connectivity index (χ4v) is 4.39. The third-order valence-electron chi connectivity index (χ3n) is 4.57. The molecule has 150 valence electrons. The third-order valence-corrected chi connectivity index (χ3v) is 5.80. The van der Waals surface area contributed by atoms with E-state index in [1.807, 2.05) is 50.2 Å². The van der Waals surface area contributed by atoms with Crippen LogP contribution in [0.1, 0.15) is 31.4 Å². The molecule has 0 atom stereocenters. The van der Waals surface area contributed by atoms with Crippen molar-refractivity contribution in [1.82, 2.24) is 0 Å². The molecule has 0 fully saturated rings. The fourth-order valence-electron chi connectivity index (χ4n) is 3.27. The van der Waals surface area contributed by atoms with E-state index in [1.165, 1.54) is 11.8 Å². The van der Waals surface area contributed by atoms with E-state index in [0.29, 0.717) is 17.1 Å². The normalized spacial score (nSPS) is 11.4. The van der Waals surface area contributed by atoms with Gasteiger partial charge in [0.15, 0.2) is 5.41 Å². The standard InChI is InChI=1S/C22H26O5S/c1-15(2)12-22(20(23)24,21(25)26)13-17-10-7-11-18(27-3)19(17)28-14-16-8-5-4-6-9-16/h4-11,15H,12-14H2,1-3H3,(H,23,24)(H,25,26). The zero-order valence-electron chi connectivity index (χ0n) is 16.3. The molecule has 0 bridgehead atoms. The number of hydrogen-bond acceptors (Lipinski definition) is 4. The quantitative estimate of drug-likeness (QED) is 0.441. The Kier molecular flexibility index (Phi) is 7.52. The summed E-state index contributed by atoms with van der Waals surface area (Å²) in [6, 6.07) is 15.3. The summed E-state index contributed by atoms with van der Waals surface area (Å²) in [4.78, 5) is 24.8. The lowest BCUT2D eigenvalue weighted by Gasteiger charge is -2.28. The van der Waals surface area contributed by atoms with Crippen LogP contribution in [-0.2, 0) is 21.8 Å². The first-order valence-corrected chi connectivity index (χ1v) is 10.1. The van der Waals surface area contributed by atoms with Gasteiger partial charge in [-0.25, -0.2) is 0 Å². The largest absolute Gasteiger partial charge is 0.496 e. The molecule has 0 spiro atoms. The van der Waals surface area contributed by atoms with Gasteiger partial charge in [0.1, 0.15) is 5.75 Å². The first-order valence-electron chi connectivity index (χ1n) is 9.09. The molecule has 0 unspecified atom stereocenters. The van der Waals surface area contributed by atoms with Gasteiger partial charge in [0.05, 0.1) is 12.0 Å². The summed E-state index contributed by atoms with van der Waals surface area (Å²) in [5.41, 5.74) is -0.0808. The van der Waals surface area contributed by atoms with Crippen molar-refractivity contribution in [3.05, 3.63) is 59.7 Å². The maximum atomic E-state index is 12.0. The van der Waals surface area contributed by atoms with Crippen LogP contribution in [0.3, 0.4) is 0 Å². The Hall–Kier alpha value is -2.47. The van der Waals surface area contributed by atoms with Gasteiger partial charge in [0.2, 0.25) is 0 Å². The number of thioether (sulfide) groups is 1. The average molecular weight is 403 g/mol. The molecule has 0 heterocycles. The molecule has 2 aromatic rings. The predicted molar refractivity (Wildman–Crippen MR) is 110 cm³/mol. The van der Waals surface area contributed by atoms with Crippen molar-refractivity contribution in [2.75, 3.05) is 7.11 Å². The van der Waals surface area contributed by atoms with Crippen LogP contribution in [-0.4, -0.2) is 29.3 Å². The van der Waals surface area contributed by atoms with E-state index in [-0.39, 0.29) is 18.8 Å². The van der Waals surface area contributed by atoms with Crippen molar-refractivity contribution in [2.45, 2.75) is 37.3 Å². The molecule has 0 aliphatic carbocycles. The Morgan fingerprint density at radius 3 is 2.21 bits per heavy atom. The first-order chi connectivity index (χ1) is 13.3. The van der Waals surface area contributed by atoms with E-state index in [0.717, 1.165) is 10.5 Å². The molecule has 0 aliphatic rings. The van der Waals surface area contributed by atoms with Crippen LogP contribution in [0.25, 0.3) is 0 Å².